The second kappa shape index (κ2) is 4.93. The molecule has 1 fully saturated rings. The molecule has 0 radical (unpaired) electrons. The lowest BCUT2D eigenvalue weighted by Crippen LogP contribution is -2.32. The molecule has 0 aromatic carbocycles. The van der Waals surface area contributed by atoms with Gasteiger partial charge in [0.05, 0.1) is 13.2 Å². The van der Waals surface area contributed by atoms with Crippen molar-refractivity contribution in [3.05, 3.63) is 11.8 Å². The number of hydrogen-bond acceptors (Lipinski definition) is 3. The van der Waals surface area contributed by atoms with Gasteiger partial charge in [-0.2, -0.15) is 0 Å². The van der Waals surface area contributed by atoms with Crippen LogP contribution in [0.1, 0.15) is 13.3 Å². The minimum absolute atomic E-state index is 0.770. The zero-order valence-electron chi connectivity index (χ0n) is 7.45. The van der Waals surface area contributed by atoms with Gasteiger partial charge in [0.1, 0.15) is 6.29 Å². The van der Waals surface area contributed by atoms with Gasteiger partial charge in [0, 0.05) is 24.9 Å². The number of nitrogens with zero attached hydrogens (tertiary/aromatic N) is 1. The first-order chi connectivity index (χ1) is 5.86. The maximum Gasteiger partial charge on any atom is 0.147 e. The van der Waals surface area contributed by atoms with Crippen molar-refractivity contribution in [2.24, 2.45) is 0 Å². The summed E-state index contributed by atoms with van der Waals surface area (Å²) in [6.07, 6.45) is 3.67. The first-order valence-electron chi connectivity index (χ1n) is 4.34. The van der Waals surface area contributed by atoms with Gasteiger partial charge in [-0.05, 0) is 6.42 Å². The summed E-state index contributed by atoms with van der Waals surface area (Å²) in [5, 5.41) is 0. The highest BCUT2D eigenvalue weighted by atomic mass is 16.5. The van der Waals surface area contributed by atoms with Crippen LogP contribution in [0.25, 0.3) is 0 Å². The molecule has 0 aromatic heterocycles. The van der Waals surface area contributed by atoms with Crippen LogP contribution in [0.5, 0.6) is 0 Å². The second-order valence-electron chi connectivity index (χ2n) is 2.82. The van der Waals surface area contributed by atoms with Gasteiger partial charge in [0.15, 0.2) is 0 Å². The smallest absolute Gasteiger partial charge is 0.147 e. The highest BCUT2D eigenvalue weighted by Gasteiger charge is 2.06. The standard InChI is InChI=1S/C9H15NO2/c1-2-9(8-11)7-10-3-5-12-6-4-10/h7-8H,2-6H2,1H3. The number of carbonyl (C=O) groups excluding carboxylic acids is 1. The second-order valence-corrected chi connectivity index (χ2v) is 2.82. The Morgan fingerprint density at radius 3 is 2.67 bits per heavy atom. The van der Waals surface area contributed by atoms with Crippen LogP contribution in [-0.2, 0) is 9.53 Å². The molecular formula is C9H15NO2. The average Bonchev–Trinajstić information content (AvgIpc) is 2.16. The maximum absolute atomic E-state index is 10.5. The number of allylic oxidation sites excluding steroid dienone is 1. The van der Waals surface area contributed by atoms with Crippen LogP contribution < -0.4 is 0 Å². The summed E-state index contributed by atoms with van der Waals surface area (Å²) >= 11 is 0. The molecule has 1 heterocycles. The number of morpholine rings is 1. The first-order valence-corrected chi connectivity index (χ1v) is 4.34. The van der Waals surface area contributed by atoms with Gasteiger partial charge in [0.2, 0.25) is 0 Å². The molecule has 0 unspecified atom stereocenters. The zero-order valence-corrected chi connectivity index (χ0v) is 7.45. The molecular weight excluding hydrogens is 154 g/mol. The van der Waals surface area contributed by atoms with E-state index in [0.717, 1.165) is 44.6 Å². The molecule has 12 heavy (non-hydrogen) atoms. The Balaban J connectivity index is 2.45. The Morgan fingerprint density at radius 1 is 1.50 bits per heavy atom. The molecule has 0 amide bonds. The van der Waals surface area contributed by atoms with Crippen LogP contribution in [0.15, 0.2) is 11.8 Å². The van der Waals surface area contributed by atoms with Gasteiger partial charge in [-0.25, -0.2) is 0 Å². The van der Waals surface area contributed by atoms with Gasteiger partial charge in [0.25, 0.3) is 0 Å². The normalized spacial score (nSPS) is 19.4. The topological polar surface area (TPSA) is 29.5 Å². The fraction of sp³-hybridized carbons (Fsp3) is 0.667. The number of ether oxygens (including phenoxy) is 1. The fourth-order valence-electron chi connectivity index (χ4n) is 1.15. The zero-order chi connectivity index (χ0) is 8.81. The van der Waals surface area contributed by atoms with Crippen LogP contribution in [0, 0.1) is 0 Å². The predicted octanol–water partition coefficient (Wildman–Crippen LogP) is 0.811. The van der Waals surface area contributed by atoms with E-state index in [1.54, 1.807) is 0 Å². The van der Waals surface area contributed by atoms with Crippen molar-refractivity contribution >= 4 is 6.29 Å². The first kappa shape index (κ1) is 9.26. The molecule has 1 aliphatic heterocycles. The van der Waals surface area contributed by atoms with Crippen molar-refractivity contribution in [3.8, 4) is 0 Å². The van der Waals surface area contributed by atoms with E-state index >= 15 is 0 Å². The van der Waals surface area contributed by atoms with Crippen LogP contribution in [0.2, 0.25) is 0 Å². The molecule has 0 N–H and O–H groups in total. The summed E-state index contributed by atoms with van der Waals surface area (Å²) in [5.74, 6) is 0. The third kappa shape index (κ3) is 2.66. The number of hydrogen-bond donors (Lipinski definition) is 0. The Labute approximate surface area is 73.0 Å². The Hall–Kier alpha value is -0.830. The van der Waals surface area contributed by atoms with Gasteiger partial charge in [-0.3, -0.25) is 4.79 Å². The molecule has 1 saturated heterocycles. The molecule has 3 nitrogen and oxygen atoms in total. The third-order valence-corrected chi connectivity index (χ3v) is 1.95. The van der Waals surface area contributed by atoms with Crippen molar-refractivity contribution in [1.29, 1.82) is 0 Å². The van der Waals surface area contributed by atoms with Crippen LogP contribution in [-0.4, -0.2) is 37.5 Å². The van der Waals surface area contributed by atoms with Gasteiger partial charge < -0.3 is 9.64 Å². The lowest BCUT2D eigenvalue weighted by molar-refractivity contribution is -0.105. The lowest BCUT2D eigenvalue weighted by atomic mass is 10.2. The highest BCUT2D eigenvalue weighted by molar-refractivity contribution is 5.72. The van der Waals surface area contributed by atoms with E-state index in [2.05, 4.69) is 4.90 Å². The molecule has 0 aliphatic carbocycles. The van der Waals surface area contributed by atoms with Crippen LogP contribution >= 0.6 is 0 Å². The molecule has 0 atom stereocenters. The van der Waals surface area contributed by atoms with E-state index in [-0.39, 0.29) is 0 Å². The van der Waals surface area contributed by atoms with Crippen molar-refractivity contribution in [2.75, 3.05) is 26.3 Å². The van der Waals surface area contributed by atoms with E-state index in [0.29, 0.717) is 0 Å². The van der Waals surface area contributed by atoms with Gasteiger partial charge in [-0.15, -0.1) is 0 Å². The molecule has 0 saturated carbocycles. The summed E-state index contributed by atoms with van der Waals surface area (Å²) in [5.41, 5.74) is 0.858. The molecule has 1 rings (SSSR count). The lowest BCUT2D eigenvalue weighted by Gasteiger charge is -2.25. The fourth-order valence-corrected chi connectivity index (χ4v) is 1.15. The summed E-state index contributed by atoms with van der Waals surface area (Å²) < 4.78 is 5.19. The molecule has 3 heteroatoms. The molecule has 0 spiro atoms. The number of carbonyl (C=O) groups is 1. The third-order valence-electron chi connectivity index (χ3n) is 1.95. The van der Waals surface area contributed by atoms with Crippen molar-refractivity contribution < 1.29 is 9.53 Å². The van der Waals surface area contributed by atoms with E-state index < -0.39 is 0 Å². The van der Waals surface area contributed by atoms with Crippen LogP contribution in [0.3, 0.4) is 0 Å². The van der Waals surface area contributed by atoms with Gasteiger partial charge in [-0.1, -0.05) is 6.92 Å². The van der Waals surface area contributed by atoms with Crippen molar-refractivity contribution in [3.63, 3.8) is 0 Å². The Morgan fingerprint density at radius 2 is 2.17 bits per heavy atom. The summed E-state index contributed by atoms with van der Waals surface area (Å²) in [4.78, 5) is 12.6. The Kier molecular flexibility index (Phi) is 3.80. The van der Waals surface area contributed by atoms with Crippen molar-refractivity contribution in [2.45, 2.75) is 13.3 Å². The largest absolute Gasteiger partial charge is 0.378 e. The number of aldehydes is 1. The van der Waals surface area contributed by atoms with E-state index in [9.17, 15) is 4.79 Å². The molecule has 0 aromatic rings. The van der Waals surface area contributed by atoms with Gasteiger partial charge >= 0.3 is 0 Å². The Bertz CT molecular complexity index is 171. The molecule has 68 valence electrons. The average molecular weight is 169 g/mol. The molecule has 0 bridgehead atoms. The highest BCUT2D eigenvalue weighted by Crippen LogP contribution is 2.02. The van der Waals surface area contributed by atoms with E-state index in [1.165, 1.54) is 0 Å². The number of rotatable bonds is 3. The predicted molar refractivity (Wildman–Crippen MR) is 46.8 cm³/mol. The SMILES string of the molecule is CCC(C=O)=CN1CCOCC1. The summed E-state index contributed by atoms with van der Waals surface area (Å²) in [7, 11) is 0. The minimum atomic E-state index is 0.770. The monoisotopic (exact) mass is 169 g/mol. The maximum atomic E-state index is 10.5. The summed E-state index contributed by atoms with van der Waals surface area (Å²) in [6.45, 7) is 5.33. The van der Waals surface area contributed by atoms with E-state index in [4.69, 9.17) is 4.74 Å². The van der Waals surface area contributed by atoms with Crippen molar-refractivity contribution in [1.82, 2.24) is 4.90 Å². The molecule has 1 aliphatic rings. The van der Waals surface area contributed by atoms with E-state index in [1.807, 2.05) is 13.1 Å². The van der Waals surface area contributed by atoms with Crippen LogP contribution in [0.4, 0.5) is 0 Å². The quantitative estimate of drug-likeness (QED) is 0.462. The minimum Gasteiger partial charge on any atom is -0.378 e. The summed E-state index contributed by atoms with van der Waals surface area (Å²) in [6, 6.07) is 0.